The van der Waals surface area contributed by atoms with Crippen molar-refractivity contribution >= 4 is 19.8 Å². The molecule has 27 heavy (non-hydrogen) atoms. The number of carbonyl (C=O) groups excluding carboxylic acids is 1. The van der Waals surface area contributed by atoms with Gasteiger partial charge in [-0.05, 0) is 30.8 Å². The molecule has 0 atom stereocenters. The van der Waals surface area contributed by atoms with Gasteiger partial charge in [-0.1, -0.05) is 41.5 Å². The number of ether oxygens (including phenoxy) is 1. The van der Waals surface area contributed by atoms with Crippen LogP contribution < -0.4 is 5.32 Å². The summed E-state index contributed by atoms with van der Waals surface area (Å²) in [6, 6.07) is 0. The third-order valence-corrected chi connectivity index (χ3v) is 10.7. The zero-order valence-electron chi connectivity index (χ0n) is 18.7. The van der Waals surface area contributed by atoms with E-state index in [4.69, 9.17) is 4.74 Å². The van der Waals surface area contributed by atoms with Crippen LogP contribution in [0.2, 0.25) is 10.1 Å². The van der Waals surface area contributed by atoms with Crippen molar-refractivity contribution in [2.75, 3.05) is 6.54 Å². The molecule has 7 heteroatoms. The Bertz CT molecular complexity index is 709. The summed E-state index contributed by atoms with van der Waals surface area (Å²) < 4.78 is 24.2. The van der Waals surface area contributed by atoms with Crippen LogP contribution in [-0.4, -0.2) is 41.3 Å². The first kappa shape index (κ1) is 21.9. The zero-order valence-corrected chi connectivity index (χ0v) is 19.7. The van der Waals surface area contributed by atoms with Crippen LogP contribution in [0.1, 0.15) is 73.6 Å². The predicted octanol–water partition coefficient (Wildman–Crippen LogP) is 4.44. The molecule has 0 unspecified atom stereocenters. The molecule has 5 nitrogen and oxygen atoms in total. The van der Waals surface area contributed by atoms with E-state index in [2.05, 4.69) is 5.10 Å². The van der Waals surface area contributed by atoms with Gasteiger partial charge in [-0.2, -0.15) is 5.10 Å². The van der Waals surface area contributed by atoms with Gasteiger partial charge in [-0.3, -0.25) is 4.68 Å². The van der Waals surface area contributed by atoms with Gasteiger partial charge in [0.05, 0.1) is 17.6 Å². The van der Waals surface area contributed by atoms with Crippen molar-refractivity contribution in [3.63, 3.8) is 0 Å². The molecule has 1 amide bonds. The summed E-state index contributed by atoms with van der Waals surface area (Å²) in [7, 11) is -1.65. The van der Waals surface area contributed by atoms with Crippen LogP contribution in [-0.2, 0) is 24.8 Å². The summed E-state index contributed by atoms with van der Waals surface area (Å²) in [6.07, 6.45) is 0.280. The first-order valence-electron chi connectivity index (χ1n) is 9.71. The average molecular weight is 398 g/mol. The molecule has 1 aliphatic rings. The molecule has 0 aromatic carbocycles. The van der Waals surface area contributed by atoms with Gasteiger partial charge in [0, 0.05) is 25.6 Å². The third kappa shape index (κ3) is 3.93. The topological polar surface area (TPSA) is 47.4 Å². The summed E-state index contributed by atoms with van der Waals surface area (Å²) in [4.78, 5) is 14.3. The van der Waals surface area contributed by atoms with Gasteiger partial charge in [0.15, 0.2) is 0 Å². The van der Waals surface area contributed by atoms with Crippen LogP contribution in [0.25, 0.3) is 0 Å². The molecule has 1 aliphatic heterocycles. The lowest BCUT2D eigenvalue weighted by molar-refractivity contribution is 0.0224. The van der Waals surface area contributed by atoms with E-state index >= 15 is 4.11 Å². The van der Waals surface area contributed by atoms with Crippen LogP contribution in [0, 0.1) is 0 Å². The largest absolute Gasteiger partial charge is 0.444 e. The van der Waals surface area contributed by atoms with Crippen LogP contribution >= 0.6 is 0 Å². The number of nitrogens with zero attached hydrogens (tertiary/aromatic N) is 3. The number of hydrogen-bond donors (Lipinski definition) is 0. The highest BCUT2D eigenvalue weighted by atomic mass is 28.4. The number of aryl methyl sites for hydroxylation is 1. The van der Waals surface area contributed by atoms with Crippen molar-refractivity contribution in [2.24, 2.45) is 7.05 Å². The van der Waals surface area contributed by atoms with Gasteiger partial charge in [0.25, 0.3) is 0 Å². The van der Waals surface area contributed by atoms with Gasteiger partial charge in [-0.15, -0.1) is 0 Å². The molecule has 2 rings (SSSR count). The molecule has 0 aliphatic carbocycles. The highest BCUT2D eigenvalue weighted by molar-refractivity contribution is 6.90. The van der Waals surface area contributed by atoms with Crippen molar-refractivity contribution in [3.05, 3.63) is 11.3 Å². The second kappa shape index (κ2) is 6.60. The van der Waals surface area contributed by atoms with Crippen LogP contribution in [0.4, 0.5) is 8.90 Å². The monoisotopic (exact) mass is 397 g/mol. The van der Waals surface area contributed by atoms with Gasteiger partial charge < -0.3 is 13.7 Å². The smallest absolute Gasteiger partial charge is 0.410 e. The van der Waals surface area contributed by atoms with E-state index in [9.17, 15) is 4.79 Å². The minimum atomic E-state index is -3.49. The Kier molecular flexibility index (Phi) is 5.36. The molecule has 1 aromatic rings. The summed E-state index contributed by atoms with van der Waals surface area (Å²) in [5.41, 5.74) is 1.24. The van der Waals surface area contributed by atoms with Gasteiger partial charge in [0.2, 0.25) is 0 Å². The summed E-state index contributed by atoms with van der Waals surface area (Å²) in [5, 5.41) is 4.36. The van der Waals surface area contributed by atoms with Crippen LogP contribution in [0.15, 0.2) is 0 Å². The second-order valence-electron chi connectivity index (χ2n) is 10.7. The lowest BCUT2D eigenvalue weighted by Crippen LogP contribution is -2.61. The molecule has 0 fully saturated rings. The zero-order chi connectivity index (χ0) is 21.0. The number of halogens is 1. The van der Waals surface area contributed by atoms with Crippen molar-refractivity contribution in [1.29, 1.82) is 0 Å². The maximum Gasteiger partial charge on any atom is 0.410 e. The fraction of sp³-hybridized carbons (Fsp3) is 0.800. The summed E-state index contributed by atoms with van der Waals surface area (Å²) >= 11 is 0. The van der Waals surface area contributed by atoms with E-state index in [1.54, 1.807) is 9.58 Å². The van der Waals surface area contributed by atoms with Gasteiger partial charge in [-0.25, -0.2) is 4.79 Å². The normalized spacial score (nSPS) is 16.3. The van der Waals surface area contributed by atoms with Gasteiger partial charge in [0.1, 0.15) is 5.60 Å². The molecule has 154 valence electrons. The molecule has 0 saturated heterocycles. The maximum atomic E-state index is 17.0. The Hall–Kier alpha value is -1.37. The lowest BCUT2D eigenvalue weighted by atomic mass is 10.1. The Balaban J connectivity index is 2.52. The number of aromatic nitrogens is 2. The number of fused-ring (bicyclic) bond motifs is 1. The number of carbonyl (C=O) groups is 1. The molecular weight excluding hydrogens is 361 g/mol. The number of rotatable bonds is 1. The quantitative estimate of drug-likeness (QED) is 0.520. The van der Waals surface area contributed by atoms with E-state index in [0.717, 1.165) is 11.3 Å². The van der Waals surface area contributed by atoms with Crippen molar-refractivity contribution in [3.8, 4) is 0 Å². The molecule has 0 N–H and O–H groups in total. The lowest BCUT2D eigenvalue weighted by Gasteiger charge is -2.45. The minimum Gasteiger partial charge on any atom is -0.444 e. The summed E-state index contributed by atoms with van der Waals surface area (Å²) in [6.45, 7) is 18.4. The Morgan fingerprint density at radius 2 is 1.59 bits per heavy atom. The average Bonchev–Trinajstić information content (AvgIpc) is 2.77. The van der Waals surface area contributed by atoms with E-state index < -0.39 is 24.1 Å². The van der Waals surface area contributed by atoms with E-state index in [-0.39, 0.29) is 6.09 Å². The molecule has 2 heterocycles. The van der Waals surface area contributed by atoms with Crippen molar-refractivity contribution < 1.29 is 13.6 Å². The Morgan fingerprint density at radius 1 is 1.07 bits per heavy atom. The minimum absolute atomic E-state index is 0.347. The van der Waals surface area contributed by atoms with E-state index in [0.29, 0.717) is 24.8 Å². The molecule has 0 bridgehead atoms. The van der Waals surface area contributed by atoms with E-state index in [1.165, 1.54) is 0 Å². The first-order valence-corrected chi connectivity index (χ1v) is 11.6. The summed E-state index contributed by atoms with van der Waals surface area (Å²) in [5.74, 6) is 0. The number of hydrogen-bond acceptors (Lipinski definition) is 3. The Morgan fingerprint density at radius 3 is 2.04 bits per heavy atom. The Labute approximate surface area is 164 Å². The van der Waals surface area contributed by atoms with Crippen molar-refractivity contribution in [1.82, 2.24) is 14.7 Å². The second-order valence-corrected chi connectivity index (χ2v) is 15.5. The third-order valence-electron chi connectivity index (χ3n) is 5.24. The molecular formula is C20H36FN3O2Si. The highest BCUT2D eigenvalue weighted by Gasteiger charge is 2.60. The predicted molar refractivity (Wildman–Crippen MR) is 109 cm³/mol. The molecule has 1 aromatic heterocycles. The van der Waals surface area contributed by atoms with Crippen LogP contribution in [0.3, 0.4) is 0 Å². The van der Waals surface area contributed by atoms with Crippen molar-refractivity contribution in [2.45, 2.75) is 91.0 Å². The fourth-order valence-electron chi connectivity index (χ4n) is 4.25. The van der Waals surface area contributed by atoms with Crippen LogP contribution in [0.5, 0.6) is 0 Å². The molecule has 0 saturated carbocycles. The maximum absolute atomic E-state index is 17.0. The standard InChI is InChI=1S/C20H36FN3O2Si/c1-18(2,3)26-17(25)24-12-11-15-14(13-24)16(23(10)22-15)27(21,19(4,5)6)20(7,8)9/h11-13H2,1-10H3. The van der Waals surface area contributed by atoms with E-state index in [1.807, 2.05) is 69.4 Å². The highest BCUT2D eigenvalue weighted by Crippen LogP contribution is 2.52. The number of amides is 1. The molecule has 0 radical (unpaired) electrons. The molecule has 0 spiro atoms. The first-order chi connectivity index (χ1) is 12.0. The van der Waals surface area contributed by atoms with Gasteiger partial charge >= 0.3 is 14.5 Å². The SMILES string of the molecule is Cn1nc2c(c1[Si](F)(C(C)(C)C)C(C)(C)C)CN(C(=O)OC(C)(C)C)CC2. The fourth-order valence-corrected chi connectivity index (χ4v) is 9.06.